The highest BCUT2D eigenvalue weighted by atomic mass is 16.7. The SMILES string of the molecule is C[C@]1(CO[C@@H]2O[C@H](CO)[C@@H](O)[C@H](O)[C@H]2O)[C@H]2CC[C@@]34C[C@@H](CC[C@H]3[C@]2(C)CC[C@H]1O)[C@@](O)(CO)[C@@H]4O. The lowest BCUT2D eigenvalue weighted by molar-refractivity contribution is -0.315. The highest BCUT2D eigenvalue weighted by Gasteiger charge is 2.72. The molecule has 1 saturated heterocycles. The molecule has 2 bridgehead atoms. The molecule has 0 radical (unpaired) electrons. The highest BCUT2D eigenvalue weighted by molar-refractivity contribution is 5.21. The van der Waals surface area contributed by atoms with E-state index >= 15 is 0 Å². The van der Waals surface area contributed by atoms with Crippen LogP contribution < -0.4 is 0 Å². The van der Waals surface area contributed by atoms with Gasteiger partial charge in [-0.1, -0.05) is 13.8 Å². The fourth-order valence-electron chi connectivity index (χ4n) is 9.51. The van der Waals surface area contributed by atoms with Crippen LogP contribution in [0, 0.1) is 34.0 Å². The molecule has 4 saturated carbocycles. The number of ether oxygens (including phenoxy) is 2. The minimum Gasteiger partial charge on any atom is -0.394 e. The van der Waals surface area contributed by atoms with E-state index in [2.05, 4.69) is 6.92 Å². The predicted molar refractivity (Wildman–Crippen MR) is 125 cm³/mol. The average molecular weight is 517 g/mol. The summed E-state index contributed by atoms with van der Waals surface area (Å²) < 4.78 is 11.5. The number of rotatable bonds is 5. The first-order chi connectivity index (χ1) is 16.9. The lowest BCUT2D eigenvalue weighted by Crippen LogP contribution is -2.64. The summed E-state index contributed by atoms with van der Waals surface area (Å²) in [6, 6.07) is 0. The van der Waals surface area contributed by atoms with E-state index in [9.17, 15) is 40.9 Å². The molecule has 0 aromatic carbocycles. The minimum absolute atomic E-state index is 0.0285. The van der Waals surface area contributed by atoms with Crippen LogP contribution in [0.1, 0.15) is 58.8 Å². The van der Waals surface area contributed by atoms with E-state index in [0.717, 1.165) is 19.3 Å². The number of aliphatic hydroxyl groups excluding tert-OH is 7. The molecule has 8 N–H and O–H groups in total. The monoisotopic (exact) mass is 516 g/mol. The third-order valence-corrected chi connectivity index (χ3v) is 11.5. The maximum absolute atomic E-state index is 11.4. The van der Waals surface area contributed by atoms with Gasteiger partial charge in [0.15, 0.2) is 6.29 Å². The number of hydrogen-bond acceptors (Lipinski definition) is 10. The molecule has 1 aliphatic heterocycles. The molecule has 0 aromatic heterocycles. The molecule has 14 atom stereocenters. The summed E-state index contributed by atoms with van der Waals surface area (Å²) in [7, 11) is 0. The fourth-order valence-corrected chi connectivity index (χ4v) is 9.51. The summed E-state index contributed by atoms with van der Waals surface area (Å²) in [5.74, 6) is 0.0273. The lowest BCUT2D eigenvalue weighted by atomic mass is 9.40. The zero-order chi connectivity index (χ0) is 26.3. The van der Waals surface area contributed by atoms with Crippen molar-refractivity contribution in [3.05, 3.63) is 0 Å². The average Bonchev–Trinajstić information content (AvgIpc) is 3.02. The topological polar surface area (TPSA) is 180 Å². The van der Waals surface area contributed by atoms with E-state index in [-0.39, 0.29) is 29.8 Å². The third-order valence-electron chi connectivity index (χ3n) is 11.5. The van der Waals surface area contributed by atoms with Crippen molar-refractivity contribution in [3.63, 3.8) is 0 Å². The summed E-state index contributed by atoms with van der Waals surface area (Å²) in [5, 5.41) is 83.9. The smallest absolute Gasteiger partial charge is 0.186 e. The Labute approximate surface area is 211 Å². The van der Waals surface area contributed by atoms with Gasteiger partial charge in [0.2, 0.25) is 0 Å². The van der Waals surface area contributed by atoms with Crippen LogP contribution in [0.4, 0.5) is 0 Å². The Morgan fingerprint density at radius 3 is 2.25 bits per heavy atom. The zero-order valence-electron chi connectivity index (χ0n) is 21.2. The second kappa shape index (κ2) is 9.08. The Bertz CT molecular complexity index is 827. The quantitative estimate of drug-likeness (QED) is 0.223. The summed E-state index contributed by atoms with van der Waals surface area (Å²) in [4.78, 5) is 0. The van der Waals surface area contributed by atoms with Crippen molar-refractivity contribution in [2.45, 2.75) is 107 Å². The lowest BCUT2D eigenvalue weighted by Gasteiger charge is -2.65. The second-order valence-electron chi connectivity index (χ2n) is 13.0. The van der Waals surface area contributed by atoms with Crippen LogP contribution in [0.3, 0.4) is 0 Å². The number of aliphatic hydroxyl groups is 8. The molecule has 5 rings (SSSR count). The van der Waals surface area contributed by atoms with E-state index in [4.69, 9.17) is 9.47 Å². The molecule has 36 heavy (non-hydrogen) atoms. The Hall–Kier alpha value is -0.400. The van der Waals surface area contributed by atoms with Crippen molar-refractivity contribution in [1.29, 1.82) is 0 Å². The van der Waals surface area contributed by atoms with Crippen molar-refractivity contribution < 1.29 is 50.3 Å². The Kier molecular flexibility index (Phi) is 6.85. The standard InChI is InChI=1S/C26H44O10/c1-23-7-6-17(29)24(2,12-35-21-20(32)19(31)18(30)14(10-27)36-21)15(23)5-8-25-9-13(3-4-16(23)25)26(34,11-28)22(25)33/h13-22,27-34H,3-12H2,1-2H3/t13-,14-,15+,16+,17-,18-,19+,20-,21-,22-,23-,24+,25-,26+/m1/s1. The first kappa shape index (κ1) is 27.2. The van der Waals surface area contributed by atoms with E-state index < -0.39 is 72.6 Å². The zero-order valence-corrected chi connectivity index (χ0v) is 21.2. The van der Waals surface area contributed by atoms with Crippen molar-refractivity contribution in [2.75, 3.05) is 19.8 Å². The van der Waals surface area contributed by atoms with Crippen molar-refractivity contribution >= 4 is 0 Å². The number of fused-ring (bicyclic) bond motifs is 3. The Morgan fingerprint density at radius 1 is 0.861 bits per heavy atom. The van der Waals surface area contributed by atoms with Gasteiger partial charge in [0, 0.05) is 10.8 Å². The molecule has 208 valence electrons. The molecular formula is C26H44O10. The fraction of sp³-hybridized carbons (Fsp3) is 1.00. The molecule has 1 spiro atoms. The summed E-state index contributed by atoms with van der Waals surface area (Å²) in [5.41, 5.74) is -2.88. The Morgan fingerprint density at radius 2 is 1.58 bits per heavy atom. The van der Waals surface area contributed by atoms with Gasteiger partial charge in [0.25, 0.3) is 0 Å². The van der Waals surface area contributed by atoms with Gasteiger partial charge < -0.3 is 50.3 Å². The van der Waals surface area contributed by atoms with Crippen LogP contribution in [-0.4, -0.2) is 109 Å². The first-order valence-electron chi connectivity index (χ1n) is 13.5. The first-order valence-corrected chi connectivity index (χ1v) is 13.5. The van der Waals surface area contributed by atoms with Crippen LogP contribution in [0.2, 0.25) is 0 Å². The van der Waals surface area contributed by atoms with E-state index in [1.807, 2.05) is 6.92 Å². The van der Waals surface area contributed by atoms with Gasteiger partial charge >= 0.3 is 0 Å². The Balaban J connectivity index is 1.39. The van der Waals surface area contributed by atoms with Crippen molar-refractivity contribution in [1.82, 2.24) is 0 Å². The van der Waals surface area contributed by atoms with Gasteiger partial charge in [-0.2, -0.15) is 0 Å². The third kappa shape index (κ3) is 3.53. The largest absolute Gasteiger partial charge is 0.394 e. The second-order valence-corrected chi connectivity index (χ2v) is 13.0. The normalized spacial score (nSPS) is 58.8. The van der Waals surface area contributed by atoms with Gasteiger partial charge in [-0.15, -0.1) is 0 Å². The van der Waals surface area contributed by atoms with Crippen LogP contribution in [-0.2, 0) is 9.47 Å². The summed E-state index contributed by atoms with van der Waals surface area (Å²) in [6.45, 7) is 3.26. The molecule has 1 heterocycles. The van der Waals surface area contributed by atoms with Crippen LogP contribution in [0.25, 0.3) is 0 Å². The van der Waals surface area contributed by atoms with E-state index in [0.29, 0.717) is 25.7 Å². The van der Waals surface area contributed by atoms with Gasteiger partial charge in [0.1, 0.15) is 30.0 Å². The van der Waals surface area contributed by atoms with Crippen molar-refractivity contribution in [3.8, 4) is 0 Å². The van der Waals surface area contributed by atoms with Gasteiger partial charge in [-0.3, -0.25) is 0 Å². The van der Waals surface area contributed by atoms with Gasteiger partial charge in [-0.25, -0.2) is 0 Å². The molecule has 5 fully saturated rings. The van der Waals surface area contributed by atoms with E-state index in [1.54, 1.807) is 0 Å². The van der Waals surface area contributed by atoms with Gasteiger partial charge in [0.05, 0.1) is 32.0 Å². The van der Waals surface area contributed by atoms with Gasteiger partial charge in [-0.05, 0) is 68.1 Å². The summed E-state index contributed by atoms with van der Waals surface area (Å²) >= 11 is 0. The predicted octanol–water partition coefficient (Wildman–Crippen LogP) is -1.12. The summed E-state index contributed by atoms with van der Waals surface area (Å²) in [6.07, 6.45) is -3.52. The molecule has 0 amide bonds. The van der Waals surface area contributed by atoms with Crippen LogP contribution in [0.15, 0.2) is 0 Å². The molecule has 5 aliphatic rings. The van der Waals surface area contributed by atoms with Crippen LogP contribution in [0.5, 0.6) is 0 Å². The van der Waals surface area contributed by atoms with Crippen LogP contribution >= 0.6 is 0 Å². The molecular weight excluding hydrogens is 472 g/mol. The maximum Gasteiger partial charge on any atom is 0.186 e. The molecule has 4 aliphatic carbocycles. The molecule has 10 nitrogen and oxygen atoms in total. The minimum atomic E-state index is -1.53. The van der Waals surface area contributed by atoms with E-state index in [1.165, 1.54) is 0 Å². The van der Waals surface area contributed by atoms with Crippen molar-refractivity contribution in [2.24, 2.45) is 34.0 Å². The number of hydrogen-bond donors (Lipinski definition) is 8. The maximum atomic E-state index is 11.4. The molecule has 0 aromatic rings. The molecule has 0 unspecified atom stereocenters. The highest BCUT2D eigenvalue weighted by Crippen LogP contribution is 2.72. The molecule has 10 heteroatoms.